The number of anilines is 3. The molecule has 3 aromatic rings. The Morgan fingerprint density at radius 1 is 1.11 bits per heavy atom. The lowest BCUT2D eigenvalue weighted by Crippen LogP contribution is -2.40. The Morgan fingerprint density at radius 2 is 1.86 bits per heavy atom. The third-order valence-corrected chi connectivity index (χ3v) is 7.08. The minimum Gasteiger partial charge on any atom is -0.426 e. The average Bonchev–Trinajstić information content (AvgIpc) is 2.88. The summed E-state index contributed by atoms with van der Waals surface area (Å²) in [7, 11) is 0. The van der Waals surface area contributed by atoms with Gasteiger partial charge < -0.3 is 19.7 Å². The maximum Gasteiger partial charge on any atom is 0.325 e. The monoisotopic (exact) mass is 505 g/mol. The summed E-state index contributed by atoms with van der Waals surface area (Å²) >= 11 is 0. The van der Waals surface area contributed by atoms with Gasteiger partial charge in [-0.2, -0.15) is 4.98 Å². The third-order valence-electron chi connectivity index (χ3n) is 7.08. The lowest BCUT2D eigenvalue weighted by Gasteiger charge is -2.37. The molecule has 1 saturated heterocycles. The summed E-state index contributed by atoms with van der Waals surface area (Å²) in [6.45, 7) is 9.99. The number of halogens is 1. The molecule has 0 spiro atoms. The fourth-order valence-corrected chi connectivity index (χ4v) is 4.88. The first-order valence-electron chi connectivity index (χ1n) is 12.7. The van der Waals surface area contributed by atoms with Crippen molar-refractivity contribution in [2.45, 2.75) is 33.2 Å². The largest absolute Gasteiger partial charge is 0.426 e. The van der Waals surface area contributed by atoms with Crippen molar-refractivity contribution >= 4 is 23.4 Å². The molecule has 5 rings (SSSR count). The van der Waals surface area contributed by atoms with Crippen LogP contribution in [-0.4, -0.2) is 60.2 Å². The van der Waals surface area contributed by atoms with E-state index in [1.165, 1.54) is 23.3 Å². The van der Waals surface area contributed by atoms with Gasteiger partial charge in [0.25, 0.3) is 0 Å². The van der Waals surface area contributed by atoms with Gasteiger partial charge >= 0.3 is 5.97 Å². The Hall–Kier alpha value is -3.56. The number of carbonyl (C=O) groups excluding carboxylic acids is 1. The number of rotatable bonds is 6. The molecular weight excluding hydrogens is 473 g/mol. The molecule has 1 fully saturated rings. The Morgan fingerprint density at radius 3 is 2.62 bits per heavy atom. The maximum atomic E-state index is 13.3. The highest BCUT2D eigenvalue weighted by Crippen LogP contribution is 2.36. The van der Waals surface area contributed by atoms with E-state index in [0.29, 0.717) is 24.9 Å². The molecule has 1 aromatic heterocycles. The molecule has 9 heteroatoms. The summed E-state index contributed by atoms with van der Waals surface area (Å²) in [6.07, 6.45) is 0.803. The van der Waals surface area contributed by atoms with Crippen molar-refractivity contribution in [3.8, 4) is 5.75 Å². The molecule has 0 aliphatic carbocycles. The van der Waals surface area contributed by atoms with E-state index in [9.17, 15) is 9.18 Å². The third kappa shape index (κ3) is 5.73. The number of hydrogen-bond acceptors (Lipinski definition) is 8. The molecule has 194 valence electrons. The number of hydrogen-bond donors (Lipinski definition) is 1. The first-order chi connectivity index (χ1) is 17.9. The van der Waals surface area contributed by atoms with E-state index in [4.69, 9.17) is 14.5 Å². The van der Waals surface area contributed by atoms with Crippen LogP contribution in [0.4, 0.5) is 21.8 Å². The van der Waals surface area contributed by atoms with Crippen LogP contribution >= 0.6 is 0 Å². The lowest BCUT2D eigenvalue weighted by molar-refractivity contribution is -0.136. The number of aryl methyl sites for hydroxylation is 1. The summed E-state index contributed by atoms with van der Waals surface area (Å²) in [4.78, 5) is 26.2. The Kier molecular flexibility index (Phi) is 7.34. The average molecular weight is 506 g/mol. The smallest absolute Gasteiger partial charge is 0.325 e. The van der Waals surface area contributed by atoms with Crippen molar-refractivity contribution < 1.29 is 18.7 Å². The van der Waals surface area contributed by atoms with Crippen LogP contribution in [0, 0.1) is 19.7 Å². The first kappa shape index (κ1) is 25.1. The summed E-state index contributed by atoms with van der Waals surface area (Å²) in [5, 5.41) is 3.19. The van der Waals surface area contributed by atoms with Crippen LogP contribution in [0.15, 0.2) is 42.5 Å². The predicted molar refractivity (Wildman–Crippen MR) is 140 cm³/mol. The maximum absolute atomic E-state index is 13.3. The number of nitrogens with one attached hydrogen (secondary N) is 1. The minimum absolute atomic E-state index is 0.0773. The van der Waals surface area contributed by atoms with Gasteiger partial charge in [0.2, 0.25) is 5.95 Å². The summed E-state index contributed by atoms with van der Waals surface area (Å²) in [5.74, 6) is 1.39. The summed E-state index contributed by atoms with van der Waals surface area (Å²) < 4.78 is 24.3. The SMILES string of the molecule is Cc1nc(Nc2ccc(F)cc2)nc(N2CCc3cc(OC(=O)CN4CCOCC4)ccc3C2C)c1C. The molecule has 3 heterocycles. The Labute approximate surface area is 216 Å². The van der Waals surface area contributed by atoms with E-state index >= 15 is 0 Å². The summed E-state index contributed by atoms with van der Waals surface area (Å²) in [6, 6.07) is 12.1. The number of ether oxygens (including phenoxy) is 2. The molecule has 1 N–H and O–H groups in total. The number of fused-ring (bicyclic) bond motifs is 1. The number of esters is 1. The van der Waals surface area contributed by atoms with Crippen molar-refractivity contribution in [2.75, 3.05) is 49.6 Å². The zero-order valence-corrected chi connectivity index (χ0v) is 21.5. The second-order valence-electron chi connectivity index (χ2n) is 9.56. The van der Waals surface area contributed by atoms with E-state index in [2.05, 4.69) is 27.0 Å². The molecule has 2 aliphatic rings. The fourth-order valence-electron chi connectivity index (χ4n) is 4.88. The van der Waals surface area contributed by atoms with Gasteiger partial charge in [0.15, 0.2) is 0 Å². The van der Waals surface area contributed by atoms with E-state index in [1.54, 1.807) is 12.1 Å². The lowest BCUT2D eigenvalue weighted by atomic mass is 9.93. The van der Waals surface area contributed by atoms with Crippen molar-refractivity contribution in [1.82, 2.24) is 14.9 Å². The molecular formula is C28H32FN5O3. The molecule has 1 unspecified atom stereocenters. The van der Waals surface area contributed by atoms with Gasteiger partial charge in [-0.05, 0) is 74.7 Å². The predicted octanol–water partition coefficient (Wildman–Crippen LogP) is 4.34. The zero-order chi connectivity index (χ0) is 25.9. The van der Waals surface area contributed by atoms with Gasteiger partial charge in [0.05, 0.1) is 25.8 Å². The molecule has 1 atom stereocenters. The molecule has 0 bridgehead atoms. The number of nitrogens with zero attached hydrogens (tertiary/aromatic N) is 4. The second kappa shape index (κ2) is 10.8. The van der Waals surface area contributed by atoms with E-state index in [0.717, 1.165) is 48.8 Å². The van der Waals surface area contributed by atoms with Crippen molar-refractivity contribution in [1.29, 1.82) is 0 Å². The van der Waals surface area contributed by atoms with Gasteiger partial charge in [-0.3, -0.25) is 9.69 Å². The second-order valence-corrected chi connectivity index (χ2v) is 9.56. The molecule has 0 radical (unpaired) electrons. The van der Waals surface area contributed by atoms with Crippen LogP contribution in [0.3, 0.4) is 0 Å². The van der Waals surface area contributed by atoms with Crippen LogP contribution in [0.2, 0.25) is 0 Å². The Bertz CT molecular complexity index is 1280. The normalized spacial score (nSPS) is 17.8. The molecule has 0 amide bonds. The number of morpholine rings is 1. The molecule has 2 aromatic carbocycles. The number of aromatic nitrogens is 2. The topological polar surface area (TPSA) is 79.8 Å². The van der Waals surface area contributed by atoms with Crippen LogP contribution in [0.5, 0.6) is 5.75 Å². The van der Waals surface area contributed by atoms with E-state index < -0.39 is 0 Å². The number of carbonyl (C=O) groups is 1. The highest BCUT2D eigenvalue weighted by Gasteiger charge is 2.28. The highest BCUT2D eigenvalue weighted by atomic mass is 19.1. The van der Waals surface area contributed by atoms with Crippen molar-refractivity contribution in [2.24, 2.45) is 0 Å². The van der Waals surface area contributed by atoms with Gasteiger partial charge in [-0.1, -0.05) is 6.07 Å². The zero-order valence-electron chi connectivity index (χ0n) is 21.5. The fraction of sp³-hybridized carbons (Fsp3) is 0.393. The van der Waals surface area contributed by atoms with Crippen LogP contribution in [0.1, 0.15) is 35.3 Å². The van der Waals surface area contributed by atoms with Crippen molar-refractivity contribution in [3.63, 3.8) is 0 Å². The minimum atomic E-state index is -0.289. The molecule has 2 aliphatic heterocycles. The number of benzene rings is 2. The van der Waals surface area contributed by atoms with Gasteiger partial charge in [0, 0.05) is 36.6 Å². The van der Waals surface area contributed by atoms with Crippen LogP contribution in [-0.2, 0) is 16.0 Å². The highest BCUT2D eigenvalue weighted by molar-refractivity contribution is 5.74. The molecule has 8 nitrogen and oxygen atoms in total. The Balaban J connectivity index is 1.31. The van der Waals surface area contributed by atoms with E-state index in [-0.39, 0.29) is 24.4 Å². The van der Waals surface area contributed by atoms with Gasteiger partial charge in [-0.25, -0.2) is 9.37 Å². The molecule has 37 heavy (non-hydrogen) atoms. The van der Waals surface area contributed by atoms with Crippen LogP contribution < -0.4 is 15.0 Å². The van der Waals surface area contributed by atoms with E-state index in [1.807, 2.05) is 32.0 Å². The van der Waals surface area contributed by atoms with Gasteiger partial charge in [0.1, 0.15) is 17.4 Å². The quantitative estimate of drug-likeness (QED) is 0.392. The van der Waals surface area contributed by atoms with Crippen molar-refractivity contribution in [3.05, 3.63) is 70.7 Å². The van der Waals surface area contributed by atoms with Crippen LogP contribution in [0.25, 0.3) is 0 Å². The summed E-state index contributed by atoms with van der Waals surface area (Å²) in [5.41, 5.74) is 4.99. The van der Waals surface area contributed by atoms with Gasteiger partial charge in [-0.15, -0.1) is 0 Å². The first-order valence-corrected chi connectivity index (χ1v) is 12.7. The molecule has 0 saturated carbocycles. The standard InChI is InChI=1S/C28H32FN5O3/c1-18-19(2)30-28(31-23-6-4-22(29)5-7-23)32-27(18)34-11-10-21-16-24(8-9-25(21)20(34)3)37-26(35)17-33-12-14-36-15-13-33/h4-9,16,20H,10-15,17H2,1-3H3,(H,30,31,32).